The molecule has 0 aromatic rings. The molecule has 4 heteroatoms. The number of carbonyl (C=O) groups is 1. The Morgan fingerprint density at radius 3 is 3.00 bits per heavy atom. The first-order valence-corrected chi connectivity index (χ1v) is 3.80. The van der Waals surface area contributed by atoms with Gasteiger partial charge in [0, 0.05) is 12.5 Å². The van der Waals surface area contributed by atoms with E-state index in [1.54, 1.807) is 0 Å². The molecule has 0 aliphatic rings. The van der Waals surface area contributed by atoms with E-state index in [1.165, 1.54) is 24.3 Å². The van der Waals surface area contributed by atoms with Crippen LogP contribution in [0.1, 0.15) is 6.42 Å². The lowest BCUT2D eigenvalue weighted by atomic mass is 10.4. The Hall–Kier alpha value is -1.67. The molecule has 0 atom stereocenters. The second-order valence-electron chi connectivity index (χ2n) is 2.09. The molecular weight excluding hydrogens is 170 g/mol. The van der Waals surface area contributed by atoms with Gasteiger partial charge in [-0.2, -0.15) is 0 Å². The van der Waals surface area contributed by atoms with Crippen LogP contribution in [0.25, 0.3) is 0 Å². The van der Waals surface area contributed by atoms with Crippen molar-refractivity contribution in [3.05, 3.63) is 24.8 Å². The van der Waals surface area contributed by atoms with Gasteiger partial charge in [-0.15, -0.1) is 0 Å². The minimum absolute atomic E-state index is 0.255. The molecule has 0 aromatic carbocycles. The van der Waals surface area contributed by atoms with Crippen molar-refractivity contribution in [2.45, 2.75) is 6.42 Å². The first-order chi connectivity index (χ1) is 6.31. The molecule has 0 spiro atoms. The molecule has 4 nitrogen and oxygen atoms in total. The first-order valence-electron chi connectivity index (χ1n) is 3.80. The minimum Gasteiger partial charge on any atom is -0.462 e. The zero-order valence-electron chi connectivity index (χ0n) is 7.23. The van der Waals surface area contributed by atoms with Crippen molar-refractivity contribution < 1.29 is 14.3 Å². The lowest BCUT2D eigenvalue weighted by molar-refractivity contribution is -0.137. The highest BCUT2D eigenvalue weighted by Crippen LogP contribution is 1.86. The Morgan fingerprint density at radius 1 is 1.62 bits per heavy atom. The molecule has 0 saturated heterocycles. The molecule has 0 aromatic heterocycles. The number of aliphatic imine (C=N–C) groups is 1. The van der Waals surface area contributed by atoms with Crippen LogP contribution in [0.15, 0.2) is 29.8 Å². The summed E-state index contributed by atoms with van der Waals surface area (Å²) in [5.74, 6) is -0.421. The fourth-order valence-corrected chi connectivity index (χ4v) is 0.557. The lowest BCUT2D eigenvalue weighted by Crippen LogP contribution is -2.03. The zero-order chi connectivity index (χ0) is 9.94. The third-order valence-electron chi connectivity index (χ3n) is 1.09. The molecule has 0 N–H and O–H groups in total. The van der Waals surface area contributed by atoms with Crippen LogP contribution in [0.5, 0.6) is 0 Å². The van der Waals surface area contributed by atoms with Crippen molar-refractivity contribution >= 4 is 12.0 Å². The minimum atomic E-state index is -0.421. The van der Waals surface area contributed by atoms with E-state index in [-0.39, 0.29) is 6.61 Å². The molecule has 0 unspecified atom stereocenters. The van der Waals surface area contributed by atoms with Gasteiger partial charge in [0.15, 0.2) is 0 Å². The van der Waals surface area contributed by atoms with E-state index in [2.05, 4.69) is 11.6 Å². The Morgan fingerprint density at radius 2 is 2.38 bits per heavy atom. The van der Waals surface area contributed by atoms with E-state index in [0.29, 0.717) is 13.0 Å². The monoisotopic (exact) mass is 181 g/mol. The van der Waals surface area contributed by atoms with Crippen molar-refractivity contribution in [2.75, 3.05) is 13.2 Å². The third kappa shape index (κ3) is 8.23. The van der Waals surface area contributed by atoms with Gasteiger partial charge in [-0.1, -0.05) is 18.7 Å². The average Bonchev–Trinajstić information content (AvgIpc) is 2.14. The summed E-state index contributed by atoms with van der Waals surface area (Å²) in [6.07, 6.45) is 6.18. The summed E-state index contributed by atoms with van der Waals surface area (Å²) >= 11 is 0. The average molecular weight is 181 g/mol. The summed E-state index contributed by atoms with van der Waals surface area (Å²) in [4.78, 5) is 23.7. The van der Waals surface area contributed by atoms with Gasteiger partial charge in [0.25, 0.3) is 0 Å². The van der Waals surface area contributed by atoms with Gasteiger partial charge in [-0.3, -0.25) is 0 Å². The summed E-state index contributed by atoms with van der Waals surface area (Å²) in [5, 5.41) is 0. The van der Waals surface area contributed by atoms with Crippen LogP contribution >= 0.6 is 0 Å². The molecule has 0 amide bonds. The Kier molecular flexibility index (Phi) is 7.34. The SMILES string of the molecule is C=CC=CC(=O)OCCCN=C=O. The number of esters is 1. The Labute approximate surface area is 76.6 Å². The molecule has 0 radical (unpaired) electrons. The fourth-order valence-electron chi connectivity index (χ4n) is 0.557. The maximum atomic E-state index is 10.8. The standard InChI is InChI=1S/C9H11NO3/c1-2-3-5-9(12)13-7-4-6-10-8-11/h2-3,5H,1,4,6-7H2. The second kappa shape index (κ2) is 8.43. The van der Waals surface area contributed by atoms with Gasteiger partial charge in [0.05, 0.1) is 13.2 Å². The summed E-state index contributed by atoms with van der Waals surface area (Å²) in [6, 6.07) is 0. The van der Waals surface area contributed by atoms with Crippen molar-refractivity contribution in [3.63, 3.8) is 0 Å². The number of allylic oxidation sites excluding steroid dienone is 2. The number of isocyanates is 1. The van der Waals surface area contributed by atoms with Crippen LogP contribution < -0.4 is 0 Å². The summed E-state index contributed by atoms with van der Waals surface area (Å²) < 4.78 is 4.73. The van der Waals surface area contributed by atoms with Gasteiger partial charge in [-0.25, -0.2) is 14.6 Å². The number of rotatable bonds is 6. The second-order valence-corrected chi connectivity index (χ2v) is 2.09. The lowest BCUT2D eigenvalue weighted by Gasteiger charge is -1.97. The van der Waals surface area contributed by atoms with Gasteiger partial charge in [0.2, 0.25) is 6.08 Å². The Balaban J connectivity index is 3.42. The van der Waals surface area contributed by atoms with Gasteiger partial charge in [0.1, 0.15) is 0 Å². The maximum Gasteiger partial charge on any atom is 0.330 e. The highest BCUT2D eigenvalue weighted by molar-refractivity contribution is 5.82. The number of hydrogen-bond acceptors (Lipinski definition) is 4. The zero-order valence-corrected chi connectivity index (χ0v) is 7.23. The Bertz CT molecular complexity index is 239. The number of hydrogen-bond donors (Lipinski definition) is 0. The topological polar surface area (TPSA) is 55.7 Å². The summed E-state index contributed by atoms with van der Waals surface area (Å²) in [5.41, 5.74) is 0. The van der Waals surface area contributed by atoms with Crippen molar-refractivity contribution in [1.82, 2.24) is 0 Å². The molecule has 0 aliphatic heterocycles. The highest BCUT2D eigenvalue weighted by atomic mass is 16.5. The van der Waals surface area contributed by atoms with Crippen LogP contribution in [0.4, 0.5) is 0 Å². The molecule has 0 aliphatic carbocycles. The maximum absolute atomic E-state index is 10.8. The van der Waals surface area contributed by atoms with E-state index < -0.39 is 5.97 Å². The van der Waals surface area contributed by atoms with E-state index in [4.69, 9.17) is 4.74 Å². The summed E-state index contributed by atoms with van der Waals surface area (Å²) in [7, 11) is 0. The van der Waals surface area contributed by atoms with Crippen LogP contribution in [0, 0.1) is 0 Å². The van der Waals surface area contributed by atoms with Gasteiger partial charge >= 0.3 is 5.97 Å². The van der Waals surface area contributed by atoms with Crippen molar-refractivity contribution in [2.24, 2.45) is 4.99 Å². The van der Waals surface area contributed by atoms with Crippen LogP contribution in [0.2, 0.25) is 0 Å². The molecule has 70 valence electrons. The van der Waals surface area contributed by atoms with E-state index in [1.807, 2.05) is 0 Å². The summed E-state index contributed by atoms with van der Waals surface area (Å²) in [6.45, 7) is 3.99. The smallest absolute Gasteiger partial charge is 0.330 e. The van der Waals surface area contributed by atoms with Crippen molar-refractivity contribution in [1.29, 1.82) is 0 Å². The van der Waals surface area contributed by atoms with Crippen LogP contribution in [0.3, 0.4) is 0 Å². The third-order valence-corrected chi connectivity index (χ3v) is 1.09. The normalized spacial score (nSPS) is 9.23. The van der Waals surface area contributed by atoms with Crippen LogP contribution in [-0.2, 0) is 14.3 Å². The van der Waals surface area contributed by atoms with E-state index in [9.17, 15) is 9.59 Å². The first kappa shape index (κ1) is 11.3. The molecule has 0 rings (SSSR count). The quantitative estimate of drug-likeness (QED) is 0.153. The number of nitrogens with zero attached hydrogens (tertiary/aromatic N) is 1. The van der Waals surface area contributed by atoms with Crippen LogP contribution in [-0.4, -0.2) is 25.2 Å². The fraction of sp³-hybridized carbons (Fsp3) is 0.333. The van der Waals surface area contributed by atoms with E-state index in [0.717, 1.165) is 0 Å². The van der Waals surface area contributed by atoms with Gasteiger partial charge < -0.3 is 4.74 Å². The molecule has 0 heterocycles. The predicted octanol–water partition coefficient (Wildman–Crippen LogP) is 0.998. The highest BCUT2D eigenvalue weighted by Gasteiger charge is 1.94. The molecule has 13 heavy (non-hydrogen) atoms. The molecule has 0 fully saturated rings. The predicted molar refractivity (Wildman–Crippen MR) is 47.9 cm³/mol. The number of ether oxygens (including phenoxy) is 1. The van der Waals surface area contributed by atoms with Gasteiger partial charge in [-0.05, 0) is 0 Å². The van der Waals surface area contributed by atoms with E-state index >= 15 is 0 Å². The molecule has 0 bridgehead atoms. The number of carbonyl (C=O) groups excluding carboxylic acids is 2. The largest absolute Gasteiger partial charge is 0.462 e. The van der Waals surface area contributed by atoms with Crippen molar-refractivity contribution in [3.8, 4) is 0 Å². The molecule has 0 saturated carbocycles. The molecular formula is C9H11NO3.